The van der Waals surface area contributed by atoms with Crippen molar-refractivity contribution >= 4 is 25.4 Å². The number of hydrogen-bond acceptors (Lipinski definition) is 0. The Bertz CT molecular complexity index is 523. The van der Waals surface area contributed by atoms with Crippen LogP contribution in [0.5, 0.6) is 0 Å². The molecule has 0 unspecified atom stereocenters. The molecule has 0 fully saturated rings. The second-order valence-electron chi connectivity index (χ2n) is 4.88. The van der Waals surface area contributed by atoms with Crippen LogP contribution in [0.2, 0.25) is 19.6 Å². The van der Waals surface area contributed by atoms with Crippen LogP contribution in [0.3, 0.4) is 0 Å². The first-order valence-electron chi connectivity index (χ1n) is 5.47. The normalized spacial score (nSPS) is 12.4. The Morgan fingerprint density at radius 1 is 0.938 bits per heavy atom. The molecule has 0 N–H and O–H groups in total. The predicted octanol–water partition coefficient (Wildman–Crippen LogP) is 3.67. The summed E-state index contributed by atoms with van der Waals surface area (Å²) >= 11 is 0. The minimum Gasteiger partial charge on any atom is -0.433 e. The molecule has 1 nitrogen and oxygen atoms in total. The van der Waals surface area contributed by atoms with Gasteiger partial charge in [0.2, 0.25) is 6.29 Å². The van der Waals surface area contributed by atoms with E-state index in [4.69, 9.17) is 4.11 Å². The molecule has 0 spiro atoms. The van der Waals surface area contributed by atoms with Gasteiger partial charge >= 0.3 is 8.32 Å². The second-order valence-corrected chi connectivity index (χ2v) is 9.31. The van der Waals surface area contributed by atoms with Crippen LogP contribution in [0, 0.1) is 0 Å². The number of rotatable bonds is 2. The van der Waals surface area contributed by atoms with Crippen molar-refractivity contribution in [2.24, 2.45) is 0 Å². The second kappa shape index (κ2) is 4.22. The fourth-order valence-electron chi connectivity index (χ4n) is 1.46. The average molecular weight is 228 g/mol. The van der Waals surface area contributed by atoms with Gasteiger partial charge in [0.1, 0.15) is 0 Å². The van der Waals surface area contributed by atoms with E-state index in [0.717, 1.165) is 5.56 Å². The Balaban J connectivity index is 2.37. The number of fused-ring (bicyclic) bond motifs is 1. The topological polar surface area (TPSA) is 11.3 Å². The molecule has 0 heterocycles. The van der Waals surface area contributed by atoms with E-state index in [1.54, 1.807) is 0 Å². The van der Waals surface area contributed by atoms with Crippen molar-refractivity contribution < 1.29 is 4.11 Å². The Kier molecular flexibility index (Phi) is 2.92. The number of benzene rings is 2. The van der Waals surface area contributed by atoms with Gasteiger partial charge in [-0.1, -0.05) is 35.2 Å². The van der Waals surface area contributed by atoms with Gasteiger partial charge in [0.15, 0.2) is 0 Å². The first-order chi connectivity index (χ1) is 7.54. The van der Waals surface area contributed by atoms with Crippen LogP contribution in [0.15, 0.2) is 42.5 Å². The van der Waals surface area contributed by atoms with Crippen LogP contribution < -0.4 is 0 Å². The Morgan fingerprint density at radius 3 is 2.31 bits per heavy atom. The molecule has 0 aliphatic carbocycles. The van der Waals surface area contributed by atoms with Crippen LogP contribution in [0.1, 0.15) is 5.56 Å². The number of carbonyl (C=O) groups excluding carboxylic acids is 1. The highest BCUT2D eigenvalue weighted by molar-refractivity contribution is 6.68. The van der Waals surface area contributed by atoms with Crippen molar-refractivity contribution in [1.29, 1.82) is 0 Å². The van der Waals surface area contributed by atoms with Gasteiger partial charge in [0, 0.05) is 19.6 Å². The first-order valence-corrected chi connectivity index (χ1v) is 8.88. The van der Waals surface area contributed by atoms with Gasteiger partial charge in [-0.2, -0.15) is 6.07 Å². The van der Waals surface area contributed by atoms with Crippen molar-refractivity contribution in [2.75, 3.05) is 0 Å². The van der Waals surface area contributed by atoms with Gasteiger partial charge in [-0.05, 0) is 5.39 Å². The predicted molar refractivity (Wildman–Crippen MR) is 72.1 cm³/mol. The molecular weight excluding hydrogens is 212 g/mol. The van der Waals surface area contributed by atoms with E-state index in [0.29, 0.717) is 0 Å². The molecule has 2 heteroatoms. The summed E-state index contributed by atoms with van der Waals surface area (Å²) in [5, 5.41) is 2.48. The highest BCUT2D eigenvalue weighted by Gasteiger charge is 2.26. The summed E-state index contributed by atoms with van der Waals surface area (Å²) in [6.45, 7) is 6.46. The molecule has 0 atom stereocenters. The van der Waals surface area contributed by atoms with E-state index in [2.05, 4.69) is 50.2 Å². The monoisotopic (exact) mass is 228 g/mol. The molecule has 16 heavy (non-hydrogen) atoms. The summed E-state index contributed by atoms with van der Waals surface area (Å²) in [6, 6.07) is 14.6. The molecule has 82 valence electrons. The maximum atomic E-state index is 5.65. The molecular formula is C14H16OSi. The summed E-state index contributed by atoms with van der Waals surface area (Å²) in [4.78, 5) is 0. The van der Waals surface area contributed by atoms with E-state index in [9.17, 15) is 0 Å². The largest absolute Gasteiger partial charge is 0.491 e. The lowest BCUT2D eigenvalue weighted by Crippen LogP contribution is -2.20. The Morgan fingerprint density at radius 2 is 1.62 bits per heavy atom. The molecule has 0 aliphatic heterocycles. The summed E-state index contributed by atoms with van der Waals surface area (Å²) in [7, 11) is -1.52. The van der Waals surface area contributed by atoms with Crippen molar-refractivity contribution in [3.05, 3.63) is 48.0 Å². The highest BCUT2D eigenvalue weighted by Crippen LogP contribution is 2.14. The molecule has 0 radical (unpaired) electrons. The van der Waals surface area contributed by atoms with Crippen molar-refractivity contribution in [1.82, 2.24) is 0 Å². The molecule has 0 saturated heterocycles. The third kappa shape index (κ3) is 2.80. The molecule has 2 aromatic carbocycles. The van der Waals surface area contributed by atoms with Gasteiger partial charge in [-0.25, -0.2) is 0 Å². The summed E-state index contributed by atoms with van der Waals surface area (Å²) in [5.41, 5.74) is 1.01. The standard InChI is InChI=1S/C14H16OSi/c1-16(2,3)15-11-12-8-9-13-6-4-5-7-14(13)10-12/h4-10H,1-3H3. The maximum absolute atomic E-state index is 5.65. The third-order valence-corrected chi connectivity index (χ3v) is 2.94. The van der Waals surface area contributed by atoms with Gasteiger partial charge in [0.05, 0.1) is 0 Å². The maximum Gasteiger partial charge on any atom is 0.491 e. The first kappa shape index (κ1) is 11.1. The van der Waals surface area contributed by atoms with Crippen LogP contribution in [0.4, 0.5) is 0 Å². The molecule has 2 aromatic rings. The van der Waals surface area contributed by atoms with Crippen molar-refractivity contribution in [3.8, 4) is 0 Å². The Labute approximate surface area is 97.6 Å². The van der Waals surface area contributed by atoms with E-state index >= 15 is 0 Å². The lowest BCUT2D eigenvalue weighted by molar-refractivity contribution is 0.330. The molecule has 0 saturated carbocycles. The fourth-order valence-corrected chi connectivity index (χ4v) is 1.89. The highest BCUT2D eigenvalue weighted by atomic mass is 28.4. The van der Waals surface area contributed by atoms with E-state index in [1.165, 1.54) is 10.8 Å². The quantitative estimate of drug-likeness (QED) is 0.422. The average Bonchev–Trinajstić information content (AvgIpc) is 2.25. The van der Waals surface area contributed by atoms with E-state index < -0.39 is 8.32 Å². The van der Waals surface area contributed by atoms with Gasteiger partial charge in [-0.15, -0.1) is 12.1 Å². The van der Waals surface area contributed by atoms with E-state index in [-0.39, 0.29) is 0 Å². The van der Waals surface area contributed by atoms with Crippen molar-refractivity contribution in [2.45, 2.75) is 19.6 Å². The zero-order valence-electron chi connectivity index (χ0n) is 9.95. The smallest absolute Gasteiger partial charge is 0.433 e. The number of hydrogen-bond donors (Lipinski definition) is 0. The summed E-state index contributed by atoms with van der Waals surface area (Å²) in [5.74, 6) is 0. The van der Waals surface area contributed by atoms with Crippen LogP contribution in [-0.2, 0) is 4.11 Å². The van der Waals surface area contributed by atoms with Gasteiger partial charge in [0.25, 0.3) is 0 Å². The van der Waals surface area contributed by atoms with E-state index in [1.807, 2.05) is 18.2 Å². The Hall–Kier alpha value is -1.41. The minimum atomic E-state index is -1.52. The summed E-state index contributed by atoms with van der Waals surface area (Å²) < 4.78 is 5.65. The SMILES string of the molecule is C[Si](C)(C)[O+]=[C-]c1ccc2ccccc2c1. The zero-order valence-corrected chi connectivity index (χ0v) is 10.9. The zero-order chi connectivity index (χ0) is 11.6. The third-order valence-electron chi connectivity index (χ3n) is 2.22. The van der Waals surface area contributed by atoms with Crippen LogP contribution >= 0.6 is 0 Å². The molecule has 2 rings (SSSR count). The van der Waals surface area contributed by atoms with Crippen molar-refractivity contribution in [3.63, 3.8) is 0 Å². The fraction of sp³-hybridized carbons (Fsp3) is 0.214. The molecule has 0 amide bonds. The van der Waals surface area contributed by atoms with Crippen LogP contribution in [0.25, 0.3) is 10.8 Å². The van der Waals surface area contributed by atoms with Crippen LogP contribution in [-0.4, -0.2) is 14.6 Å². The van der Waals surface area contributed by atoms with Gasteiger partial charge < -0.3 is 4.11 Å². The summed E-state index contributed by atoms with van der Waals surface area (Å²) in [6.07, 6.45) is 3.04. The molecule has 0 aromatic heterocycles. The molecule has 0 aliphatic rings. The lowest BCUT2D eigenvalue weighted by atomic mass is 10.1. The van der Waals surface area contributed by atoms with Gasteiger partial charge in [-0.3, -0.25) is 0 Å². The minimum absolute atomic E-state index is 1.01. The molecule has 0 bridgehead atoms. The lowest BCUT2D eigenvalue weighted by Gasteiger charge is -2.03.